The lowest BCUT2D eigenvalue weighted by molar-refractivity contribution is -0.231. The van der Waals surface area contributed by atoms with Gasteiger partial charge in [-0.15, -0.1) is 5.10 Å². The van der Waals surface area contributed by atoms with Crippen LogP contribution in [-0.4, -0.2) is 54.6 Å². The highest BCUT2D eigenvalue weighted by atomic mass is 35.5. The van der Waals surface area contributed by atoms with Crippen LogP contribution in [0.1, 0.15) is 127 Å². The summed E-state index contributed by atoms with van der Waals surface area (Å²) in [6.07, 6.45) is 10.6. The van der Waals surface area contributed by atoms with Gasteiger partial charge in [-0.05, 0) is 116 Å². The van der Waals surface area contributed by atoms with Crippen LogP contribution < -0.4 is 5.32 Å². The first kappa shape index (κ1) is 38.0. The number of nitrogens with zero attached hydrogens (tertiary/aromatic N) is 4. The fourth-order valence-corrected chi connectivity index (χ4v) is 12.7. The molecule has 5 aliphatic rings. The van der Waals surface area contributed by atoms with Crippen molar-refractivity contribution in [2.45, 2.75) is 138 Å². The van der Waals surface area contributed by atoms with Crippen molar-refractivity contribution in [3.63, 3.8) is 0 Å². The maximum atomic E-state index is 14.0. The number of esters is 1. The first-order chi connectivity index (χ1) is 24.7. The Balaban J connectivity index is 1.17. The number of fused-ring (bicyclic) bond motifs is 7. The quantitative estimate of drug-likeness (QED) is 0.249. The van der Waals surface area contributed by atoms with Gasteiger partial charge in [0.1, 0.15) is 6.10 Å². The van der Waals surface area contributed by atoms with Gasteiger partial charge in [0.05, 0.1) is 22.4 Å². The van der Waals surface area contributed by atoms with Crippen molar-refractivity contribution in [3.8, 4) is 11.7 Å². The van der Waals surface area contributed by atoms with Gasteiger partial charge in [-0.25, -0.2) is 9.97 Å². The fraction of sp³-hybridized carbons (Fsp3) is 0.732. The minimum atomic E-state index is -1.17. The summed E-state index contributed by atoms with van der Waals surface area (Å²) in [5.41, 5.74) is 0.219. The van der Waals surface area contributed by atoms with E-state index in [1.165, 1.54) is 18.0 Å². The van der Waals surface area contributed by atoms with E-state index in [4.69, 9.17) is 20.8 Å². The summed E-state index contributed by atoms with van der Waals surface area (Å²) < 4.78 is 12.2. The van der Waals surface area contributed by atoms with Gasteiger partial charge in [-0.3, -0.25) is 14.4 Å². The number of aliphatic carboxylic acids is 1. The van der Waals surface area contributed by atoms with Crippen molar-refractivity contribution >= 4 is 35.3 Å². The largest absolute Gasteiger partial charge is 0.481 e. The molecule has 288 valence electrons. The molecule has 2 heterocycles. The van der Waals surface area contributed by atoms with Gasteiger partial charge < -0.3 is 19.6 Å². The van der Waals surface area contributed by atoms with Crippen LogP contribution in [0.5, 0.6) is 0 Å². The molecule has 0 saturated heterocycles. The summed E-state index contributed by atoms with van der Waals surface area (Å²) in [6.45, 7) is 19.5. The van der Waals surface area contributed by atoms with Gasteiger partial charge in [-0.1, -0.05) is 65.2 Å². The van der Waals surface area contributed by atoms with E-state index in [0.717, 1.165) is 56.9 Å². The molecule has 8 atom stereocenters. The van der Waals surface area contributed by atoms with Crippen LogP contribution in [0.4, 0.5) is 6.01 Å². The normalized spacial score (nSPS) is 36.3. The summed E-state index contributed by atoms with van der Waals surface area (Å²) in [5.74, 6) is 0.387. The third-order valence-corrected chi connectivity index (χ3v) is 15.6. The molecule has 0 aromatic carbocycles. The summed E-state index contributed by atoms with van der Waals surface area (Å²) >= 11 is 5.99. The monoisotopic (exact) mass is 749 g/mol. The molecule has 5 aliphatic carbocycles. The highest BCUT2D eigenvalue weighted by Crippen LogP contribution is 2.76. The van der Waals surface area contributed by atoms with Crippen LogP contribution in [0.15, 0.2) is 28.0 Å². The van der Waals surface area contributed by atoms with Crippen molar-refractivity contribution < 1.29 is 28.6 Å². The smallest absolute Gasteiger partial charge is 0.316 e. The lowest BCUT2D eigenvalue weighted by atomic mass is 9.33. The molecule has 12 heteroatoms. The highest BCUT2D eigenvalue weighted by molar-refractivity contribution is 6.30. The second-order valence-electron chi connectivity index (χ2n) is 19.2. The molecule has 2 aromatic heterocycles. The zero-order chi connectivity index (χ0) is 38.5. The number of carboxylic acid groups (broad SMARTS) is 1. The summed E-state index contributed by atoms with van der Waals surface area (Å²) in [4.78, 5) is 47.4. The third-order valence-electron chi connectivity index (χ3n) is 15.4. The van der Waals surface area contributed by atoms with Crippen LogP contribution in [-0.2, 0) is 19.1 Å². The van der Waals surface area contributed by atoms with Crippen molar-refractivity contribution in [3.05, 3.63) is 28.6 Å². The first-order valence-electron chi connectivity index (χ1n) is 19.5. The number of nitrogens with one attached hydrogen (secondary N) is 1. The van der Waals surface area contributed by atoms with E-state index >= 15 is 0 Å². The van der Waals surface area contributed by atoms with Crippen molar-refractivity contribution in [2.75, 3.05) is 5.32 Å². The Morgan fingerprint density at radius 3 is 2.34 bits per heavy atom. The Bertz CT molecular complexity index is 1850. The molecule has 0 amide bonds. The van der Waals surface area contributed by atoms with Gasteiger partial charge in [0.15, 0.2) is 5.78 Å². The average molecular weight is 750 g/mol. The molecule has 0 unspecified atom stereocenters. The van der Waals surface area contributed by atoms with E-state index in [-0.39, 0.29) is 69.5 Å². The number of ether oxygens (including phenoxy) is 1. The summed E-state index contributed by atoms with van der Waals surface area (Å²) in [7, 11) is 0. The number of anilines is 1. The van der Waals surface area contributed by atoms with Crippen molar-refractivity contribution in [1.29, 1.82) is 0 Å². The standard InChI is InChI=1S/C41H56ClN5O6/c1-22(2)30-25(48)18-41(45-35-47-46-33(53-35)32-43-20-23(42)21-44-32)17-16-39(8)24(31(30)41)10-11-27-38(7)14-13-28(52-29(49)19-36(3,4)34(50)51)37(5,6)26(38)12-15-40(27,39)9/h20-22,24,26-28H,10-19H2,1-9H3,(H,45,47)(H,50,51)/t24-,26+,27-,28+,38+,39-,40-,41-/m1/s1. The number of carboxylic acids is 1. The molecule has 0 radical (unpaired) electrons. The number of ketones is 1. The van der Waals surface area contributed by atoms with Gasteiger partial charge in [0.2, 0.25) is 5.82 Å². The minimum Gasteiger partial charge on any atom is -0.481 e. The molecular formula is C41H56ClN5O6. The molecule has 2 aromatic rings. The molecule has 0 spiro atoms. The number of aromatic nitrogens is 4. The average Bonchev–Trinajstić information content (AvgIpc) is 3.64. The first-order valence-corrected chi connectivity index (χ1v) is 19.9. The van der Waals surface area contributed by atoms with E-state index in [1.807, 2.05) is 0 Å². The van der Waals surface area contributed by atoms with E-state index in [2.05, 4.69) is 73.9 Å². The fourth-order valence-electron chi connectivity index (χ4n) is 12.6. The van der Waals surface area contributed by atoms with Crippen LogP contribution in [0, 0.1) is 50.7 Å². The van der Waals surface area contributed by atoms with Crippen LogP contribution >= 0.6 is 11.6 Å². The van der Waals surface area contributed by atoms with E-state index in [0.29, 0.717) is 23.3 Å². The Hall–Kier alpha value is -3.34. The SMILES string of the molecule is CC(C)C1=C2[C@H]3CC[C@@H]4[C@@]5(C)CC[C@H](OC(=O)CC(C)(C)C(=O)O)C(C)(C)[C@@H]5CC[C@@]4(C)[C@]3(C)CC[C@@]2(Nc2nnc(-c3ncc(Cl)cn3)o2)CC1=O. The zero-order valence-corrected chi connectivity index (χ0v) is 33.5. The van der Waals surface area contributed by atoms with Gasteiger partial charge >= 0.3 is 18.0 Å². The molecule has 2 N–H and O–H groups in total. The molecule has 11 nitrogen and oxygen atoms in total. The molecule has 0 aliphatic heterocycles. The minimum absolute atomic E-state index is 0.0305. The number of allylic oxidation sites excluding steroid dienone is 1. The van der Waals surface area contributed by atoms with Crippen molar-refractivity contribution in [2.24, 2.45) is 50.7 Å². The van der Waals surface area contributed by atoms with Crippen LogP contribution in [0.2, 0.25) is 5.02 Å². The topological polar surface area (TPSA) is 157 Å². The third kappa shape index (κ3) is 5.76. The number of rotatable bonds is 8. The molecule has 4 fully saturated rings. The molecule has 0 bridgehead atoms. The number of Topliss-reactive ketones (excluding diaryl/α,β-unsaturated/α-hetero) is 1. The number of carbonyl (C=O) groups is 3. The van der Waals surface area contributed by atoms with Gasteiger partial charge in [0, 0.05) is 24.2 Å². The van der Waals surface area contributed by atoms with Gasteiger partial charge in [0.25, 0.3) is 5.89 Å². The van der Waals surface area contributed by atoms with Crippen LogP contribution in [0.25, 0.3) is 11.7 Å². The molecule has 4 saturated carbocycles. The van der Waals surface area contributed by atoms with E-state index in [1.54, 1.807) is 13.8 Å². The van der Waals surface area contributed by atoms with E-state index < -0.39 is 22.9 Å². The maximum Gasteiger partial charge on any atom is 0.316 e. The Labute approximate surface area is 317 Å². The highest BCUT2D eigenvalue weighted by Gasteiger charge is 2.70. The van der Waals surface area contributed by atoms with Crippen LogP contribution in [0.3, 0.4) is 0 Å². The molecule has 7 rings (SSSR count). The number of carbonyl (C=O) groups excluding carboxylic acids is 2. The predicted octanol–water partition coefficient (Wildman–Crippen LogP) is 8.74. The summed E-state index contributed by atoms with van der Waals surface area (Å²) in [6, 6.07) is 0.261. The van der Waals surface area contributed by atoms with Gasteiger partial charge in [-0.2, -0.15) is 0 Å². The number of hydrogen-bond acceptors (Lipinski definition) is 10. The lowest BCUT2D eigenvalue weighted by Crippen LogP contribution is -2.66. The number of halogens is 1. The predicted molar refractivity (Wildman–Crippen MR) is 200 cm³/mol. The van der Waals surface area contributed by atoms with Crippen molar-refractivity contribution in [1.82, 2.24) is 20.2 Å². The Morgan fingerprint density at radius 2 is 1.68 bits per heavy atom. The second kappa shape index (κ2) is 12.6. The molecule has 53 heavy (non-hydrogen) atoms. The Kier molecular flexibility index (Phi) is 9.02. The Morgan fingerprint density at radius 1 is 0.981 bits per heavy atom. The summed E-state index contributed by atoms with van der Waals surface area (Å²) in [5, 5.41) is 22.2. The lowest BCUT2D eigenvalue weighted by Gasteiger charge is -2.72. The second-order valence-corrected chi connectivity index (χ2v) is 19.7. The zero-order valence-electron chi connectivity index (χ0n) is 32.8. The number of hydrogen-bond donors (Lipinski definition) is 2. The maximum absolute atomic E-state index is 14.0. The van der Waals surface area contributed by atoms with E-state index in [9.17, 15) is 19.5 Å². The molecular weight excluding hydrogens is 694 g/mol.